The van der Waals surface area contributed by atoms with Gasteiger partial charge in [0.15, 0.2) is 5.82 Å². The lowest BCUT2D eigenvalue weighted by Crippen LogP contribution is -2.40. The zero-order valence-corrected chi connectivity index (χ0v) is 12.1. The van der Waals surface area contributed by atoms with Crippen LogP contribution in [0.25, 0.3) is 0 Å². The van der Waals surface area contributed by atoms with E-state index in [9.17, 15) is 8.42 Å². The third-order valence-corrected chi connectivity index (χ3v) is 3.86. The van der Waals surface area contributed by atoms with E-state index in [0.717, 1.165) is 25.9 Å². The monoisotopic (exact) mass is 288 g/mol. The Hall–Kier alpha value is -0.990. The highest BCUT2D eigenvalue weighted by atomic mass is 32.2. The average Bonchev–Trinajstić information content (AvgIpc) is 2.72. The molecule has 1 aromatic rings. The van der Waals surface area contributed by atoms with E-state index in [1.54, 1.807) is 6.92 Å². The van der Waals surface area contributed by atoms with Crippen molar-refractivity contribution in [3.8, 4) is 0 Å². The zero-order valence-electron chi connectivity index (χ0n) is 11.3. The molecule has 1 aliphatic heterocycles. The standard InChI is InChI=1S/C11H20N4O3S/c1-9-13-11(18-14-9)8-15-5-3-4-10(7-15)6-12-19(2,16)17/h10,12H,3-8H2,1-2H3/t10-/m0/s1. The molecule has 19 heavy (non-hydrogen) atoms. The fourth-order valence-corrected chi connectivity index (χ4v) is 2.86. The molecule has 0 aromatic carbocycles. The lowest BCUT2D eigenvalue weighted by atomic mass is 9.98. The summed E-state index contributed by atoms with van der Waals surface area (Å²) in [5.74, 6) is 1.60. The maximum absolute atomic E-state index is 11.1. The molecule has 0 unspecified atom stereocenters. The number of likely N-dealkylation sites (tertiary alicyclic amines) is 1. The van der Waals surface area contributed by atoms with Crippen LogP contribution >= 0.6 is 0 Å². The lowest BCUT2D eigenvalue weighted by molar-refractivity contribution is 0.151. The van der Waals surface area contributed by atoms with Crippen LogP contribution < -0.4 is 4.72 Å². The summed E-state index contributed by atoms with van der Waals surface area (Å²) in [6.45, 7) is 4.76. The number of piperidine rings is 1. The van der Waals surface area contributed by atoms with Gasteiger partial charge in [0.2, 0.25) is 15.9 Å². The molecule has 0 amide bonds. The van der Waals surface area contributed by atoms with Crippen LogP contribution in [0, 0.1) is 12.8 Å². The van der Waals surface area contributed by atoms with Gasteiger partial charge >= 0.3 is 0 Å². The minimum absolute atomic E-state index is 0.340. The third kappa shape index (κ3) is 4.88. The number of aryl methyl sites for hydroxylation is 1. The van der Waals surface area contributed by atoms with E-state index >= 15 is 0 Å². The average molecular weight is 288 g/mol. The summed E-state index contributed by atoms with van der Waals surface area (Å²) in [5, 5.41) is 3.77. The van der Waals surface area contributed by atoms with Crippen molar-refractivity contribution in [1.29, 1.82) is 0 Å². The van der Waals surface area contributed by atoms with Crippen molar-refractivity contribution in [2.75, 3.05) is 25.9 Å². The Morgan fingerprint density at radius 2 is 2.32 bits per heavy atom. The molecule has 8 heteroatoms. The van der Waals surface area contributed by atoms with Crippen LogP contribution in [0.15, 0.2) is 4.52 Å². The first-order valence-corrected chi connectivity index (χ1v) is 8.28. The van der Waals surface area contributed by atoms with Gasteiger partial charge in [0.25, 0.3) is 0 Å². The van der Waals surface area contributed by atoms with Crippen molar-refractivity contribution in [3.63, 3.8) is 0 Å². The normalized spacial score (nSPS) is 21.7. The van der Waals surface area contributed by atoms with Crippen LogP contribution in [0.3, 0.4) is 0 Å². The van der Waals surface area contributed by atoms with E-state index in [1.165, 1.54) is 6.26 Å². The molecule has 7 nitrogen and oxygen atoms in total. The third-order valence-electron chi connectivity index (χ3n) is 3.17. The molecule has 1 saturated heterocycles. The second-order valence-electron chi connectivity index (χ2n) is 5.10. The van der Waals surface area contributed by atoms with Crippen LogP contribution in [0.1, 0.15) is 24.6 Å². The summed E-state index contributed by atoms with van der Waals surface area (Å²) in [7, 11) is -3.11. The van der Waals surface area contributed by atoms with Crippen LogP contribution in [0.5, 0.6) is 0 Å². The number of nitrogens with one attached hydrogen (secondary N) is 1. The van der Waals surface area contributed by atoms with Crippen LogP contribution in [0.4, 0.5) is 0 Å². The summed E-state index contributed by atoms with van der Waals surface area (Å²) in [6.07, 6.45) is 3.29. The highest BCUT2D eigenvalue weighted by Crippen LogP contribution is 2.17. The zero-order chi connectivity index (χ0) is 13.9. The molecule has 108 valence electrons. The molecular weight excluding hydrogens is 268 g/mol. The predicted octanol–water partition coefficient (Wildman–Crippen LogP) is 0.139. The molecule has 0 bridgehead atoms. The maximum atomic E-state index is 11.1. The Morgan fingerprint density at radius 3 is 2.95 bits per heavy atom. The summed E-state index contributed by atoms with van der Waals surface area (Å²) in [6, 6.07) is 0. The minimum Gasteiger partial charge on any atom is -0.338 e. The molecule has 1 N–H and O–H groups in total. The van der Waals surface area contributed by atoms with Gasteiger partial charge < -0.3 is 4.52 Å². The molecular formula is C11H20N4O3S. The largest absolute Gasteiger partial charge is 0.338 e. The number of sulfonamides is 1. The van der Waals surface area contributed by atoms with E-state index in [2.05, 4.69) is 19.8 Å². The van der Waals surface area contributed by atoms with Crippen molar-refractivity contribution in [2.45, 2.75) is 26.3 Å². The Bertz CT molecular complexity index is 514. The topological polar surface area (TPSA) is 88.3 Å². The Balaban J connectivity index is 1.83. The van der Waals surface area contributed by atoms with Crippen LogP contribution in [0.2, 0.25) is 0 Å². The van der Waals surface area contributed by atoms with E-state index in [4.69, 9.17) is 4.52 Å². The summed E-state index contributed by atoms with van der Waals surface area (Å²) in [5.41, 5.74) is 0. The predicted molar refractivity (Wildman–Crippen MR) is 69.9 cm³/mol. The van der Waals surface area contributed by atoms with E-state index in [-0.39, 0.29) is 0 Å². The number of hydrogen-bond acceptors (Lipinski definition) is 6. The Kier molecular flexibility index (Phi) is 4.54. The second-order valence-corrected chi connectivity index (χ2v) is 6.93. The Labute approximate surface area is 113 Å². The van der Waals surface area contributed by atoms with E-state index in [1.807, 2.05) is 0 Å². The molecule has 1 aromatic heterocycles. The molecule has 0 spiro atoms. The molecule has 2 heterocycles. The van der Waals surface area contributed by atoms with Crippen LogP contribution in [-0.2, 0) is 16.6 Å². The van der Waals surface area contributed by atoms with Gasteiger partial charge in [-0.1, -0.05) is 5.16 Å². The van der Waals surface area contributed by atoms with Crippen molar-refractivity contribution < 1.29 is 12.9 Å². The molecule has 0 saturated carbocycles. The number of rotatable bonds is 5. The second kappa shape index (κ2) is 5.98. The molecule has 0 radical (unpaired) electrons. The number of aromatic nitrogens is 2. The van der Waals surface area contributed by atoms with Crippen molar-refractivity contribution in [2.24, 2.45) is 5.92 Å². The maximum Gasteiger partial charge on any atom is 0.240 e. The minimum atomic E-state index is -3.11. The first-order chi connectivity index (χ1) is 8.92. The summed E-state index contributed by atoms with van der Waals surface area (Å²) in [4.78, 5) is 6.41. The molecule has 1 fully saturated rings. The van der Waals surface area contributed by atoms with Gasteiger partial charge in [-0.2, -0.15) is 4.98 Å². The van der Waals surface area contributed by atoms with Crippen molar-refractivity contribution >= 4 is 10.0 Å². The molecule has 1 atom stereocenters. The first-order valence-electron chi connectivity index (χ1n) is 6.38. The number of hydrogen-bond donors (Lipinski definition) is 1. The highest BCUT2D eigenvalue weighted by Gasteiger charge is 2.22. The quantitative estimate of drug-likeness (QED) is 0.829. The van der Waals surface area contributed by atoms with Gasteiger partial charge in [-0.05, 0) is 32.2 Å². The number of nitrogens with zero attached hydrogens (tertiary/aromatic N) is 3. The van der Waals surface area contributed by atoms with Gasteiger partial charge in [-0.25, -0.2) is 13.1 Å². The fourth-order valence-electron chi connectivity index (χ4n) is 2.33. The lowest BCUT2D eigenvalue weighted by Gasteiger charge is -2.31. The SMILES string of the molecule is Cc1noc(CN2CCC[C@@H](CNS(C)(=O)=O)C2)n1. The van der Waals surface area contributed by atoms with Gasteiger partial charge in [0.05, 0.1) is 12.8 Å². The van der Waals surface area contributed by atoms with Crippen LogP contribution in [-0.4, -0.2) is 49.3 Å². The molecule has 0 aliphatic carbocycles. The molecule has 1 aliphatic rings. The van der Waals surface area contributed by atoms with E-state index < -0.39 is 10.0 Å². The van der Waals surface area contributed by atoms with Gasteiger partial charge in [-0.15, -0.1) is 0 Å². The first kappa shape index (κ1) is 14.4. The van der Waals surface area contributed by atoms with Gasteiger partial charge in [0.1, 0.15) is 0 Å². The Morgan fingerprint density at radius 1 is 1.53 bits per heavy atom. The molecule has 2 rings (SSSR count). The highest BCUT2D eigenvalue weighted by molar-refractivity contribution is 7.88. The van der Waals surface area contributed by atoms with Gasteiger partial charge in [-0.3, -0.25) is 4.90 Å². The van der Waals surface area contributed by atoms with Gasteiger partial charge in [0, 0.05) is 13.1 Å². The summed E-state index contributed by atoms with van der Waals surface area (Å²) < 4.78 is 29.9. The van der Waals surface area contributed by atoms with E-state index in [0.29, 0.717) is 30.7 Å². The summed E-state index contributed by atoms with van der Waals surface area (Å²) >= 11 is 0. The smallest absolute Gasteiger partial charge is 0.240 e. The van der Waals surface area contributed by atoms with Crippen molar-refractivity contribution in [1.82, 2.24) is 19.8 Å². The fraction of sp³-hybridized carbons (Fsp3) is 0.818. The van der Waals surface area contributed by atoms with Crippen molar-refractivity contribution in [3.05, 3.63) is 11.7 Å².